The SMILES string of the molecule is C=CC[SiH2]OCCc1cccc2ccccc12. The van der Waals surface area contributed by atoms with Crippen LogP contribution in [0.25, 0.3) is 10.8 Å². The van der Waals surface area contributed by atoms with Gasteiger partial charge in [0.2, 0.25) is 0 Å². The fourth-order valence-electron chi connectivity index (χ4n) is 1.96. The molecule has 2 heteroatoms. The lowest BCUT2D eigenvalue weighted by Crippen LogP contribution is -2.02. The van der Waals surface area contributed by atoms with Gasteiger partial charge in [-0.05, 0) is 28.8 Å². The van der Waals surface area contributed by atoms with Crippen LogP contribution in [0, 0.1) is 0 Å². The molecule has 0 aromatic heterocycles. The summed E-state index contributed by atoms with van der Waals surface area (Å²) in [5.41, 5.74) is 1.38. The molecule has 0 saturated heterocycles. The molecule has 2 aromatic rings. The highest BCUT2D eigenvalue weighted by Crippen LogP contribution is 2.18. The van der Waals surface area contributed by atoms with Crippen LogP contribution in [-0.4, -0.2) is 16.4 Å². The van der Waals surface area contributed by atoms with E-state index in [0.29, 0.717) is 0 Å². The van der Waals surface area contributed by atoms with Crippen molar-refractivity contribution in [3.8, 4) is 0 Å². The molecule has 0 radical (unpaired) electrons. The van der Waals surface area contributed by atoms with Gasteiger partial charge in [-0.15, -0.1) is 6.58 Å². The first-order valence-corrected chi connectivity index (χ1v) is 7.65. The minimum Gasteiger partial charge on any atom is -0.423 e. The van der Waals surface area contributed by atoms with E-state index in [1.54, 1.807) is 0 Å². The average Bonchev–Trinajstić information content (AvgIpc) is 2.39. The summed E-state index contributed by atoms with van der Waals surface area (Å²) in [6, 6.07) is 16.1. The lowest BCUT2D eigenvalue weighted by molar-refractivity contribution is 0.342. The van der Waals surface area contributed by atoms with Gasteiger partial charge in [0, 0.05) is 6.61 Å². The Balaban J connectivity index is 2.01. The molecule has 1 nitrogen and oxygen atoms in total. The second-order valence-electron chi connectivity index (χ2n) is 4.08. The Labute approximate surface area is 105 Å². The van der Waals surface area contributed by atoms with Crippen LogP contribution in [0.4, 0.5) is 0 Å². The van der Waals surface area contributed by atoms with E-state index in [1.165, 1.54) is 16.3 Å². The van der Waals surface area contributed by atoms with Crippen molar-refractivity contribution in [2.45, 2.75) is 12.5 Å². The maximum atomic E-state index is 5.69. The normalized spacial score (nSPS) is 11.3. The Bertz CT molecular complexity index is 488. The van der Waals surface area contributed by atoms with Crippen molar-refractivity contribution in [3.63, 3.8) is 0 Å². The molecular weight excluding hydrogens is 224 g/mol. The van der Waals surface area contributed by atoms with Gasteiger partial charge in [-0.3, -0.25) is 0 Å². The number of benzene rings is 2. The lowest BCUT2D eigenvalue weighted by Gasteiger charge is -2.07. The standard InChI is InChI=1S/C15H18OSi/c1-2-12-17-16-11-10-14-8-5-7-13-6-3-4-9-15(13)14/h2-9H,1,10-12,17H2. The monoisotopic (exact) mass is 242 g/mol. The summed E-state index contributed by atoms with van der Waals surface area (Å²) in [4.78, 5) is 0. The van der Waals surface area contributed by atoms with E-state index >= 15 is 0 Å². The van der Waals surface area contributed by atoms with Gasteiger partial charge >= 0.3 is 0 Å². The molecule has 17 heavy (non-hydrogen) atoms. The third-order valence-electron chi connectivity index (χ3n) is 2.86. The molecular formula is C15H18OSi. The van der Waals surface area contributed by atoms with E-state index in [0.717, 1.165) is 19.1 Å². The van der Waals surface area contributed by atoms with Gasteiger partial charge in [0.1, 0.15) is 0 Å². The van der Waals surface area contributed by atoms with Gasteiger partial charge in [-0.1, -0.05) is 48.5 Å². The van der Waals surface area contributed by atoms with Gasteiger partial charge in [0.05, 0.1) is 0 Å². The number of rotatable bonds is 6. The molecule has 0 saturated carbocycles. The van der Waals surface area contributed by atoms with Crippen molar-refractivity contribution in [1.82, 2.24) is 0 Å². The zero-order chi connectivity index (χ0) is 11.9. The van der Waals surface area contributed by atoms with Gasteiger partial charge in [-0.2, -0.15) is 0 Å². The molecule has 0 aliphatic rings. The molecule has 2 rings (SSSR count). The highest BCUT2D eigenvalue weighted by Gasteiger charge is 1.99. The lowest BCUT2D eigenvalue weighted by atomic mass is 10.0. The second-order valence-corrected chi connectivity index (χ2v) is 5.47. The van der Waals surface area contributed by atoms with Crippen LogP contribution in [0.1, 0.15) is 5.56 Å². The largest absolute Gasteiger partial charge is 0.423 e. The number of fused-ring (bicyclic) bond motifs is 1. The summed E-state index contributed by atoms with van der Waals surface area (Å²) in [7, 11) is -0.374. The smallest absolute Gasteiger partial charge is 0.165 e. The van der Waals surface area contributed by atoms with E-state index < -0.39 is 0 Å². The van der Waals surface area contributed by atoms with E-state index in [-0.39, 0.29) is 9.76 Å². The zero-order valence-electron chi connectivity index (χ0n) is 10.1. The quantitative estimate of drug-likeness (QED) is 0.430. The van der Waals surface area contributed by atoms with Gasteiger partial charge in [-0.25, -0.2) is 0 Å². The molecule has 0 fully saturated rings. The fourth-order valence-corrected chi connectivity index (χ4v) is 2.64. The summed E-state index contributed by atoms with van der Waals surface area (Å²) in [5, 5.41) is 2.66. The predicted molar refractivity (Wildman–Crippen MR) is 77.2 cm³/mol. The third kappa shape index (κ3) is 3.28. The van der Waals surface area contributed by atoms with Gasteiger partial charge < -0.3 is 4.43 Å². The highest BCUT2D eigenvalue weighted by atomic mass is 28.2. The molecule has 0 amide bonds. The maximum Gasteiger partial charge on any atom is 0.165 e. The van der Waals surface area contributed by atoms with Crippen molar-refractivity contribution in [2.24, 2.45) is 0 Å². The molecule has 0 heterocycles. The first-order valence-electron chi connectivity index (χ1n) is 6.07. The van der Waals surface area contributed by atoms with Crippen molar-refractivity contribution in [2.75, 3.05) is 6.61 Å². The molecule has 0 unspecified atom stereocenters. The van der Waals surface area contributed by atoms with E-state index in [2.05, 4.69) is 49.0 Å². The number of allylic oxidation sites excluding steroid dienone is 1. The van der Waals surface area contributed by atoms with Crippen LogP contribution >= 0.6 is 0 Å². The molecule has 2 aromatic carbocycles. The molecule has 0 bridgehead atoms. The maximum absolute atomic E-state index is 5.69. The Morgan fingerprint density at radius 2 is 1.94 bits per heavy atom. The minimum absolute atomic E-state index is 0.374. The van der Waals surface area contributed by atoms with Crippen LogP contribution in [-0.2, 0) is 10.8 Å². The van der Waals surface area contributed by atoms with Crippen LogP contribution < -0.4 is 0 Å². The number of hydrogen-bond donors (Lipinski definition) is 0. The topological polar surface area (TPSA) is 9.23 Å². The predicted octanol–water partition coefficient (Wildman–Crippen LogP) is 3.09. The molecule has 0 spiro atoms. The van der Waals surface area contributed by atoms with E-state index in [9.17, 15) is 0 Å². The molecule has 88 valence electrons. The molecule has 0 atom stereocenters. The first-order chi connectivity index (χ1) is 8.42. The first kappa shape index (κ1) is 12.1. The van der Waals surface area contributed by atoms with Crippen molar-refractivity contribution in [3.05, 3.63) is 60.7 Å². The fraction of sp³-hybridized carbons (Fsp3) is 0.200. The zero-order valence-corrected chi connectivity index (χ0v) is 11.5. The Hall–Kier alpha value is -1.38. The molecule has 0 aliphatic carbocycles. The van der Waals surface area contributed by atoms with Crippen molar-refractivity contribution < 1.29 is 4.43 Å². The number of hydrogen-bond acceptors (Lipinski definition) is 1. The van der Waals surface area contributed by atoms with Crippen molar-refractivity contribution in [1.29, 1.82) is 0 Å². The van der Waals surface area contributed by atoms with Gasteiger partial charge in [0.15, 0.2) is 9.76 Å². The summed E-state index contributed by atoms with van der Waals surface area (Å²) in [5.74, 6) is 0. The Morgan fingerprint density at radius 3 is 2.82 bits per heavy atom. The summed E-state index contributed by atoms with van der Waals surface area (Å²) in [6.07, 6.45) is 2.95. The second kappa shape index (κ2) is 6.38. The summed E-state index contributed by atoms with van der Waals surface area (Å²) < 4.78 is 5.69. The van der Waals surface area contributed by atoms with Gasteiger partial charge in [0.25, 0.3) is 0 Å². The van der Waals surface area contributed by atoms with Crippen LogP contribution in [0.15, 0.2) is 55.1 Å². The van der Waals surface area contributed by atoms with E-state index in [4.69, 9.17) is 4.43 Å². The summed E-state index contributed by atoms with van der Waals surface area (Å²) >= 11 is 0. The molecule has 0 N–H and O–H groups in total. The van der Waals surface area contributed by atoms with Crippen molar-refractivity contribution >= 4 is 20.5 Å². The third-order valence-corrected chi connectivity index (χ3v) is 4.08. The Morgan fingerprint density at radius 1 is 1.12 bits per heavy atom. The minimum atomic E-state index is -0.374. The highest BCUT2D eigenvalue weighted by molar-refractivity contribution is 6.27. The molecule has 0 aliphatic heterocycles. The Kier molecular flexibility index (Phi) is 4.53. The van der Waals surface area contributed by atoms with Crippen LogP contribution in [0.3, 0.4) is 0 Å². The van der Waals surface area contributed by atoms with Crippen LogP contribution in [0.2, 0.25) is 6.04 Å². The average molecular weight is 242 g/mol. The summed E-state index contributed by atoms with van der Waals surface area (Å²) in [6.45, 7) is 4.55. The van der Waals surface area contributed by atoms with Crippen LogP contribution in [0.5, 0.6) is 0 Å². The van der Waals surface area contributed by atoms with E-state index in [1.807, 2.05) is 6.08 Å².